The number of alkyl halides is 1. The minimum Gasteiger partial charge on any atom is -0.335 e. The van der Waals surface area contributed by atoms with Gasteiger partial charge < -0.3 is 4.90 Å². The maximum atomic E-state index is 12.4. The fraction of sp³-hybridized carbons (Fsp3) is 0.429. The molecule has 1 aromatic rings. The van der Waals surface area contributed by atoms with Gasteiger partial charge in [0.2, 0.25) is 5.95 Å². The van der Waals surface area contributed by atoms with Crippen LogP contribution in [0, 0.1) is 0 Å². The molecule has 0 bridgehead atoms. The van der Waals surface area contributed by atoms with Crippen LogP contribution in [0.25, 0.3) is 0 Å². The fourth-order valence-corrected chi connectivity index (χ4v) is 1.15. The van der Waals surface area contributed by atoms with E-state index in [0.29, 0.717) is 24.1 Å². The normalized spacial score (nSPS) is 17.7. The van der Waals surface area contributed by atoms with Gasteiger partial charge in [-0.2, -0.15) is 0 Å². The van der Waals surface area contributed by atoms with Crippen molar-refractivity contribution in [2.45, 2.75) is 6.17 Å². The summed E-state index contributed by atoms with van der Waals surface area (Å²) in [5.41, 5.74) is 0. The molecule has 0 radical (unpaired) electrons. The van der Waals surface area contributed by atoms with E-state index in [2.05, 4.69) is 9.97 Å². The van der Waals surface area contributed by atoms with E-state index >= 15 is 0 Å². The van der Waals surface area contributed by atoms with Crippen LogP contribution in [0.4, 0.5) is 10.3 Å². The molecule has 2 rings (SSSR count). The van der Waals surface area contributed by atoms with Crippen molar-refractivity contribution in [3.8, 4) is 0 Å². The first-order chi connectivity index (χ1) is 5.75. The molecule has 0 N–H and O–H groups in total. The summed E-state index contributed by atoms with van der Waals surface area (Å²) >= 11 is 5.59. The van der Waals surface area contributed by atoms with Gasteiger partial charge in [0.1, 0.15) is 6.17 Å². The monoisotopic (exact) mass is 187 g/mol. The highest BCUT2D eigenvalue weighted by atomic mass is 35.5. The number of anilines is 1. The first-order valence-electron chi connectivity index (χ1n) is 3.62. The largest absolute Gasteiger partial charge is 0.335 e. The smallest absolute Gasteiger partial charge is 0.225 e. The van der Waals surface area contributed by atoms with E-state index in [1.807, 2.05) is 0 Å². The van der Waals surface area contributed by atoms with Crippen molar-refractivity contribution in [2.75, 3.05) is 18.0 Å². The Kier molecular flexibility index (Phi) is 1.84. The number of halogens is 2. The van der Waals surface area contributed by atoms with Crippen LogP contribution in [0.1, 0.15) is 0 Å². The molecule has 0 atom stereocenters. The number of hydrogen-bond acceptors (Lipinski definition) is 3. The Balaban J connectivity index is 2.09. The van der Waals surface area contributed by atoms with Crippen LogP contribution in [0.15, 0.2) is 12.4 Å². The molecule has 0 unspecified atom stereocenters. The van der Waals surface area contributed by atoms with Gasteiger partial charge in [-0.1, -0.05) is 11.6 Å². The first-order valence-corrected chi connectivity index (χ1v) is 4.00. The molecule has 0 aliphatic carbocycles. The molecular weight excluding hydrogens is 181 g/mol. The van der Waals surface area contributed by atoms with Gasteiger partial charge >= 0.3 is 0 Å². The van der Waals surface area contributed by atoms with Gasteiger partial charge in [-0.3, -0.25) is 0 Å². The summed E-state index contributed by atoms with van der Waals surface area (Å²) in [5, 5.41) is 0.496. The molecule has 64 valence electrons. The molecular formula is C7H7ClFN3. The summed E-state index contributed by atoms with van der Waals surface area (Å²) in [6.45, 7) is 0.781. The zero-order valence-electron chi connectivity index (χ0n) is 6.24. The van der Waals surface area contributed by atoms with Gasteiger partial charge in [-0.05, 0) is 0 Å². The zero-order valence-corrected chi connectivity index (χ0v) is 7.00. The highest BCUT2D eigenvalue weighted by Crippen LogP contribution is 2.18. The van der Waals surface area contributed by atoms with Crippen LogP contribution >= 0.6 is 11.6 Å². The van der Waals surface area contributed by atoms with Crippen molar-refractivity contribution in [1.82, 2.24) is 9.97 Å². The summed E-state index contributed by atoms with van der Waals surface area (Å²) in [4.78, 5) is 9.67. The van der Waals surface area contributed by atoms with Crippen LogP contribution in [0.2, 0.25) is 5.02 Å². The summed E-state index contributed by atoms with van der Waals surface area (Å²) in [5.74, 6) is 0.549. The maximum Gasteiger partial charge on any atom is 0.225 e. The van der Waals surface area contributed by atoms with Crippen molar-refractivity contribution in [3.05, 3.63) is 17.4 Å². The second kappa shape index (κ2) is 2.86. The molecule has 1 aliphatic rings. The quantitative estimate of drug-likeness (QED) is 0.664. The van der Waals surface area contributed by atoms with E-state index in [1.165, 1.54) is 12.4 Å². The summed E-state index contributed by atoms with van der Waals surface area (Å²) < 4.78 is 12.4. The van der Waals surface area contributed by atoms with Crippen molar-refractivity contribution in [3.63, 3.8) is 0 Å². The van der Waals surface area contributed by atoms with Crippen molar-refractivity contribution in [2.24, 2.45) is 0 Å². The molecule has 1 aliphatic heterocycles. The number of aromatic nitrogens is 2. The van der Waals surface area contributed by atoms with Crippen LogP contribution in [0.5, 0.6) is 0 Å². The summed E-state index contributed by atoms with van der Waals surface area (Å²) in [6.07, 6.45) is 2.29. The van der Waals surface area contributed by atoms with E-state index in [0.717, 1.165) is 0 Å². The van der Waals surface area contributed by atoms with E-state index in [-0.39, 0.29) is 0 Å². The van der Waals surface area contributed by atoms with Gasteiger partial charge in [0.25, 0.3) is 0 Å². The Morgan fingerprint density at radius 3 is 2.50 bits per heavy atom. The molecule has 0 saturated carbocycles. The van der Waals surface area contributed by atoms with Crippen LogP contribution < -0.4 is 4.90 Å². The molecule has 5 heteroatoms. The molecule has 1 aromatic heterocycles. The lowest BCUT2D eigenvalue weighted by Crippen LogP contribution is -2.49. The topological polar surface area (TPSA) is 29.0 Å². The zero-order chi connectivity index (χ0) is 8.55. The molecule has 2 heterocycles. The van der Waals surface area contributed by atoms with E-state index in [1.54, 1.807) is 4.90 Å². The maximum absolute atomic E-state index is 12.4. The molecule has 1 saturated heterocycles. The number of hydrogen-bond donors (Lipinski definition) is 0. The van der Waals surface area contributed by atoms with Crippen LogP contribution in [-0.2, 0) is 0 Å². The summed E-state index contributed by atoms with van der Waals surface area (Å²) in [6, 6.07) is 0. The average Bonchev–Trinajstić information content (AvgIpc) is 2.01. The fourth-order valence-electron chi connectivity index (χ4n) is 1.06. The second-order valence-electron chi connectivity index (χ2n) is 2.70. The van der Waals surface area contributed by atoms with Gasteiger partial charge in [-0.15, -0.1) is 0 Å². The van der Waals surface area contributed by atoms with E-state index < -0.39 is 6.17 Å². The van der Waals surface area contributed by atoms with E-state index in [4.69, 9.17) is 11.6 Å². The molecule has 1 fully saturated rings. The highest BCUT2D eigenvalue weighted by Gasteiger charge is 2.27. The standard InChI is InChI=1S/C7H7ClFN3/c8-5-1-10-7(11-2-5)12-3-6(9)4-12/h1-2,6H,3-4H2. The van der Waals surface area contributed by atoms with Gasteiger partial charge in [0.05, 0.1) is 30.5 Å². The molecule has 0 aromatic carbocycles. The SMILES string of the molecule is FC1CN(c2ncc(Cl)cn2)C1. The highest BCUT2D eigenvalue weighted by molar-refractivity contribution is 6.30. The van der Waals surface area contributed by atoms with E-state index in [9.17, 15) is 4.39 Å². The Morgan fingerprint density at radius 2 is 2.00 bits per heavy atom. The third-order valence-corrected chi connectivity index (χ3v) is 1.92. The predicted octanol–water partition coefficient (Wildman–Crippen LogP) is 1.29. The van der Waals surface area contributed by atoms with Crippen molar-refractivity contribution in [1.29, 1.82) is 0 Å². The lowest BCUT2D eigenvalue weighted by Gasteiger charge is -2.33. The Morgan fingerprint density at radius 1 is 1.42 bits per heavy atom. The van der Waals surface area contributed by atoms with Gasteiger partial charge in [0.15, 0.2) is 0 Å². The third-order valence-electron chi connectivity index (χ3n) is 1.73. The van der Waals surface area contributed by atoms with Gasteiger partial charge in [-0.25, -0.2) is 14.4 Å². The molecule has 3 nitrogen and oxygen atoms in total. The van der Waals surface area contributed by atoms with Crippen molar-refractivity contribution >= 4 is 17.5 Å². The number of nitrogens with zero attached hydrogens (tertiary/aromatic N) is 3. The minimum atomic E-state index is -0.732. The minimum absolute atomic E-state index is 0.391. The molecule has 0 spiro atoms. The van der Waals surface area contributed by atoms with Crippen molar-refractivity contribution < 1.29 is 4.39 Å². The average molecular weight is 188 g/mol. The first kappa shape index (κ1) is 7.73. The Bertz CT molecular complexity index is 270. The lowest BCUT2D eigenvalue weighted by atomic mass is 10.2. The number of rotatable bonds is 1. The third kappa shape index (κ3) is 1.34. The van der Waals surface area contributed by atoms with Gasteiger partial charge in [0, 0.05) is 0 Å². The lowest BCUT2D eigenvalue weighted by molar-refractivity contribution is 0.272. The van der Waals surface area contributed by atoms with Crippen LogP contribution in [0.3, 0.4) is 0 Å². The second-order valence-corrected chi connectivity index (χ2v) is 3.14. The summed E-state index contributed by atoms with van der Waals surface area (Å²) in [7, 11) is 0. The van der Waals surface area contributed by atoms with Crippen LogP contribution in [-0.4, -0.2) is 29.2 Å². The predicted molar refractivity (Wildman–Crippen MR) is 44.2 cm³/mol. The molecule has 0 amide bonds. The Hall–Kier alpha value is -0.900. The Labute approximate surface area is 74.2 Å². The molecule has 12 heavy (non-hydrogen) atoms.